The van der Waals surface area contributed by atoms with Crippen molar-refractivity contribution >= 4 is 0 Å². The molecule has 2 aliphatic rings. The highest BCUT2D eigenvalue weighted by Crippen LogP contribution is 2.45. The van der Waals surface area contributed by atoms with Crippen LogP contribution in [0.4, 0.5) is 0 Å². The van der Waals surface area contributed by atoms with Crippen LogP contribution in [0, 0.1) is 38.5 Å². The fraction of sp³-hybridized carbons (Fsp3) is 0.812. The largest absolute Gasteiger partial charge is 0.490 e. The van der Waals surface area contributed by atoms with Gasteiger partial charge in [0.15, 0.2) is 0 Å². The lowest BCUT2D eigenvalue weighted by Crippen LogP contribution is -2.37. The topological polar surface area (TPSA) is 31.0 Å². The summed E-state index contributed by atoms with van der Waals surface area (Å²) in [5.74, 6) is 4.73. The summed E-state index contributed by atoms with van der Waals surface area (Å²) in [6.45, 7) is 20.0. The average Bonchev–Trinajstić information content (AvgIpc) is 3.61. The molecule has 0 aromatic heterocycles. The van der Waals surface area contributed by atoms with Gasteiger partial charge in [-0.05, 0) is 87.8 Å². The van der Waals surface area contributed by atoms with Crippen LogP contribution in [0.15, 0.2) is 0 Å². The lowest BCUT2D eigenvalue weighted by Gasteiger charge is -2.38. The van der Waals surface area contributed by atoms with Gasteiger partial charge in [-0.15, -0.1) is 0 Å². The lowest BCUT2D eigenvalue weighted by atomic mass is 9.83. The summed E-state index contributed by atoms with van der Waals surface area (Å²) >= 11 is 0. The summed E-state index contributed by atoms with van der Waals surface area (Å²) in [5.41, 5.74) is 5.04. The molecule has 3 nitrogen and oxygen atoms in total. The van der Waals surface area contributed by atoms with Gasteiger partial charge in [0.25, 0.3) is 0 Å². The maximum absolute atomic E-state index is 6.77. The highest BCUT2D eigenvalue weighted by atomic mass is 16.6. The van der Waals surface area contributed by atoms with Crippen molar-refractivity contribution < 1.29 is 14.2 Å². The molecule has 1 fully saturated rings. The second-order valence-corrected chi connectivity index (χ2v) is 12.7. The Labute approximate surface area is 216 Å². The van der Waals surface area contributed by atoms with Crippen molar-refractivity contribution in [3.8, 4) is 11.5 Å². The van der Waals surface area contributed by atoms with Gasteiger partial charge in [0, 0.05) is 5.56 Å². The van der Waals surface area contributed by atoms with Crippen molar-refractivity contribution in [3.63, 3.8) is 0 Å². The first-order valence-electron chi connectivity index (χ1n) is 14.7. The van der Waals surface area contributed by atoms with Crippen molar-refractivity contribution in [2.45, 2.75) is 138 Å². The summed E-state index contributed by atoms with van der Waals surface area (Å²) in [4.78, 5) is 0. The third-order valence-corrected chi connectivity index (χ3v) is 8.65. The zero-order chi connectivity index (χ0) is 25.6. The van der Waals surface area contributed by atoms with Gasteiger partial charge in [-0.2, -0.15) is 0 Å². The van der Waals surface area contributed by atoms with Crippen LogP contribution in [0.3, 0.4) is 0 Å². The van der Waals surface area contributed by atoms with E-state index in [2.05, 4.69) is 55.4 Å². The van der Waals surface area contributed by atoms with Crippen LogP contribution >= 0.6 is 0 Å². The SMILES string of the molecule is Cc1c(C)c2c(c(C)c1OCC1CO1)CC[C@@](C)(CCC[C@H](C)CCC[C@H](C)CCCC(C)C)O2. The van der Waals surface area contributed by atoms with Crippen LogP contribution < -0.4 is 9.47 Å². The molecule has 0 spiro atoms. The molecule has 2 aliphatic heterocycles. The highest BCUT2D eigenvalue weighted by molar-refractivity contribution is 5.59. The Balaban J connectivity index is 1.43. The van der Waals surface area contributed by atoms with E-state index in [1.165, 1.54) is 73.6 Å². The van der Waals surface area contributed by atoms with E-state index in [0.717, 1.165) is 55.1 Å². The fourth-order valence-electron chi connectivity index (χ4n) is 5.82. The quantitative estimate of drug-likeness (QED) is 0.232. The number of hydrogen-bond acceptors (Lipinski definition) is 3. The smallest absolute Gasteiger partial charge is 0.127 e. The number of ether oxygens (including phenoxy) is 3. The number of epoxide rings is 1. The third kappa shape index (κ3) is 8.41. The Morgan fingerprint density at radius 2 is 1.46 bits per heavy atom. The van der Waals surface area contributed by atoms with E-state index in [1.54, 1.807) is 0 Å². The molecule has 1 saturated heterocycles. The predicted octanol–water partition coefficient (Wildman–Crippen LogP) is 8.91. The van der Waals surface area contributed by atoms with Crippen LogP contribution in [0.2, 0.25) is 0 Å². The minimum absolute atomic E-state index is 0.0501. The Bertz CT molecular complexity index is 810. The molecule has 200 valence electrons. The monoisotopic (exact) mass is 486 g/mol. The number of fused-ring (bicyclic) bond motifs is 1. The van der Waals surface area contributed by atoms with Crippen molar-refractivity contribution in [3.05, 3.63) is 22.3 Å². The number of rotatable bonds is 15. The van der Waals surface area contributed by atoms with Gasteiger partial charge < -0.3 is 14.2 Å². The normalized spacial score (nSPS) is 23.1. The minimum atomic E-state index is -0.0501. The Kier molecular flexibility index (Phi) is 10.4. The molecular formula is C32H54O3. The van der Waals surface area contributed by atoms with Gasteiger partial charge in [0.2, 0.25) is 0 Å². The maximum atomic E-state index is 6.77. The van der Waals surface area contributed by atoms with E-state index < -0.39 is 0 Å². The van der Waals surface area contributed by atoms with Crippen LogP contribution in [0.1, 0.15) is 121 Å². The Hall–Kier alpha value is -1.22. The molecule has 3 rings (SSSR count). The molecule has 0 radical (unpaired) electrons. The van der Waals surface area contributed by atoms with Crippen LogP contribution in [-0.4, -0.2) is 24.9 Å². The van der Waals surface area contributed by atoms with Gasteiger partial charge in [0.1, 0.15) is 29.8 Å². The molecular weight excluding hydrogens is 432 g/mol. The summed E-state index contributed by atoms with van der Waals surface area (Å²) in [6, 6.07) is 0. The molecule has 35 heavy (non-hydrogen) atoms. The molecule has 4 atom stereocenters. The van der Waals surface area contributed by atoms with E-state index in [-0.39, 0.29) is 11.7 Å². The summed E-state index contributed by atoms with van der Waals surface area (Å²) in [7, 11) is 0. The highest BCUT2D eigenvalue weighted by Gasteiger charge is 2.35. The van der Waals surface area contributed by atoms with Crippen LogP contribution in [-0.2, 0) is 11.2 Å². The van der Waals surface area contributed by atoms with Crippen molar-refractivity contribution in [2.75, 3.05) is 13.2 Å². The molecule has 3 heteroatoms. The summed E-state index contributed by atoms with van der Waals surface area (Å²) < 4.78 is 18.3. The van der Waals surface area contributed by atoms with E-state index in [4.69, 9.17) is 14.2 Å². The van der Waals surface area contributed by atoms with Gasteiger partial charge in [0.05, 0.1) is 6.61 Å². The molecule has 0 bridgehead atoms. The first-order chi connectivity index (χ1) is 16.6. The van der Waals surface area contributed by atoms with Crippen molar-refractivity contribution in [2.24, 2.45) is 17.8 Å². The van der Waals surface area contributed by atoms with Gasteiger partial charge >= 0.3 is 0 Å². The lowest BCUT2D eigenvalue weighted by molar-refractivity contribution is 0.0511. The predicted molar refractivity (Wildman–Crippen MR) is 148 cm³/mol. The Morgan fingerprint density at radius 1 is 0.857 bits per heavy atom. The van der Waals surface area contributed by atoms with Gasteiger partial charge in [-0.1, -0.05) is 72.6 Å². The van der Waals surface area contributed by atoms with Crippen molar-refractivity contribution in [1.29, 1.82) is 0 Å². The van der Waals surface area contributed by atoms with E-state index in [0.29, 0.717) is 6.61 Å². The van der Waals surface area contributed by atoms with E-state index in [9.17, 15) is 0 Å². The van der Waals surface area contributed by atoms with E-state index in [1.807, 2.05) is 0 Å². The fourth-order valence-corrected chi connectivity index (χ4v) is 5.82. The second kappa shape index (κ2) is 12.8. The zero-order valence-electron chi connectivity index (χ0n) is 24.2. The first kappa shape index (κ1) is 28.4. The zero-order valence-corrected chi connectivity index (χ0v) is 24.2. The summed E-state index contributed by atoms with van der Waals surface area (Å²) in [5, 5.41) is 0. The standard InChI is InChI=1S/C32H54O3/c1-22(2)12-9-13-23(3)14-10-15-24(4)16-11-18-32(8)19-17-29-27(7)30(34-21-28-20-33-28)25(5)26(6)31(29)35-32/h22-24,28H,9-21H2,1-8H3/t23-,24-,28?,32-/m1/s1. The molecule has 0 saturated carbocycles. The number of benzene rings is 1. The van der Waals surface area contributed by atoms with Gasteiger partial charge in [-0.25, -0.2) is 0 Å². The maximum Gasteiger partial charge on any atom is 0.127 e. The van der Waals surface area contributed by atoms with Crippen LogP contribution in [0.25, 0.3) is 0 Å². The molecule has 1 unspecified atom stereocenters. The molecule has 2 heterocycles. The minimum Gasteiger partial charge on any atom is -0.490 e. The van der Waals surface area contributed by atoms with Crippen molar-refractivity contribution in [1.82, 2.24) is 0 Å². The molecule has 1 aromatic carbocycles. The molecule has 1 aromatic rings. The first-order valence-corrected chi connectivity index (χ1v) is 14.7. The van der Waals surface area contributed by atoms with E-state index >= 15 is 0 Å². The molecule has 0 N–H and O–H groups in total. The van der Waals surface area contributed by atoms with Crippen LogP contribution in [0.5, 0.6) is 11.5 Å². The van der Waals surface area contributed by atoms with Gasteiger partial charge in [-0.3, -0.25) is 0 Å². The molecule has 0 amide bonds. The second-order valence-electron chi connectivity index (χ2n) is 12.7. The number of hydrogen-bond donors (Lipinski definition) is 0. The average molecular weight is 487 g/mol. The Morgan fingerprint density at radius 3 is 2.06 bits per heavy atom. The summed E-state index contributed by atoms with van der Waals surface area (Å²) in [6.07, 6.45) is 14.5. The molecule has 0 aliphatic carbocycles. The third-order valence-electron chi connectivity index (χ3n) is 8.65.